The summed E-state index contributed by atoms with van der Waals surface area (Å²) in [6, 6.07) is 9.32. The SMILES string of the molecule is CC(NC1CCN(C(=O)C2CC2)CC1)c1cccc(Br)c1. The van der Waals surface area contributed by atoms with E-state index in [0.717, 1.165) is 43.2 Å². The van der Waals surface area contributed by atoms with Crippen LogP contribution in [0, 0.1) is 5.92 Å². The first kappa shape index (κ1) is 15.0. The Kier molecular flexibility index (Phi) is 4.65. The molecule has 3 rings (SSSR count). The molecule has 2 aliphatic rings. The minimum atomic E-state index is 0.346. The zero-order valence-electron chi connectivity index (χ0n) is 12.5. The summed E-state index contributed by atoms with van der Waals surface area (Å²) in [4.78, 5) is 14.1. The molecule has 1 N–H and O–H groups in total. The minimum Gasteiger partial charge on any atom is -0.342 e. The van der Waals surface area contributed by atoms with Crippen LogP contribution in [0.15, 0.2) is 28.7 Å². The second kappa shape index (κ2) is 6.49. The number of carbonyl (C=O) groups excluding carboxylic acids is 1. The first-order chi connectivity index (χ1) is 10.1. The smallest absolute Gasteiger partial charge is 0.225 e. The molecule has 1 aliphatic heterocycles. The Balaban J connectivity index is 1.49. The molecular weight excluding hydrogens is 328 g/mol. The number of rotatable bonds is 4. The van der Waals surface area contributed by atoms with Gasteiger partial charge in [-0.05, 0) is 50.3 Å². The van der Waals surface area contributed by atoms with Gasteiger partial charge in [0.1, 0.15) is 0 Å². The number of piperidine rings is 1. The topological polar surface area (TPSA) is 32.3 Å². The number of halogens is 1. The van der Waals surface area contributed by atoms with Gasteiger partial charge in [-0.3, -0.25) is 4.79 Å². The number of likely N-dealkylation sites (tertiary alicyclic amines) is 1. The van der Waals surface area contributed by atoms with Gasteiger partial charge in [0.25, 0.3) is 0 Å². The van der Waals surface area contributed by atoms with Crippen LogP contribution in [0.2, 0.25) is 0 Å². The van der Waals surface area contributed by atoms with E-state index in [-0.39, 0.29) is 0 Å². The van der Waals surface area contributed by atoms with Crippen LogP contribution in [0.5, 0.6) is 0 Å². The van der Waals surface area contributed by atoms with Gasteiger partial charge in [0, 0.05) is 35.6 Å². The van der Waals surface area contributed by atoms with Crippen LogP contribution in [0.3, 0.4) is 0 Å². The molecule has 1 amide bonds. The van der Waals surface area contributed by atoms with Gasteiger partial charge in [-0.25, -0.2) is 0 Å². The van der Waals surface area contributed by atoms with Crippen molar-refractivity contribution in [3.05, 3.63) is 34.3 Å². The van der Waals surface area contributed by atoms with Crippen molar-refractivity contribution in [2.75, 3.05) is 13.1 Å². The molecule has 0 bridgehead atoms. The molecule has 1 saturated carbocycles. The second-order valence-electron chi connectivity index (χ2n) is 6.32. The fourth-order valence-electron chi connectivity index (χ4n) is 3.08. The van der Waals surface area contributed by atoms with Gasteiger partial charge in [-0.2, -0.15) is 0 Å². The lowest BCUT2D eigenvalue weighted by Crippen LogP contribution is -2.45. The normalized spacial score (nSPS) is 21.3. The van der Waals surface area contributed by atoms with Gasteiger partial charge < -0.3 is 10.2 Å². The highest BCUT2D eigenvalue weighted by Gasteiger charge is 2.34. The number of hydrogen-bond donors (Lipinski definition) is 1. The Morgan fingerprint density at radius 3 is 2.62 bits per heavy atom. The predicted octanol–water partition coefficient (Wildman–Crippen LogP) is 3.50. The molecule has 1 heterocycles. The number of nitrogens with one attached hydrogen (secondary N) is 1. The van der Waals surface area contributed by atoms with Crippen LogP contribution in [-0.2, 0) is 4.79 Å². The van der Waals surface area contributed by atoms with Crippen LogP contribution in [0.1, 0.15) is 44.2 Å². The lowest BCUT2D eigenvalue weighted by Gasteiger charge is -2.34. The van der Waals surface area contributed by atoms with Crippen molar-refractivity contribution in [2.24, 2.45) is 5.92 Å². The summed E-state index contributed by atoms with van der Waals surface area (Å²) in [5.41, 5.74) is 1.31. The fourth-order valence-corrected chi connectivity index (χ4v) is 3.50. The van der Waals surface area contributed by atoms with Gasteiger partial charge in [-0.15, -0.1) is 0 Å². The first-order valence-corrected chi connectivity index (χ1v) is 8.73. The van der Waals surface area contributed by atoms with Gasteiger partial charge in [0.05, 0.1) is 0 Å². The highest BCUT2D eigenvalue weighted by atomic mass is 79.9. The predicted molar refractivity (Wildman–Crippen MR) is 88.0 cm³/mol. The molecule has 1 saturated heterocycles. The van der Waals surface area contributed by atoms with Crippen molar-refractivity contribution in [2.45, 2.75) is 44.7 Å². The zero-order valence-corrected chi connectivity index (χ0v) is 14.1. The van der Waals surface area contributed by atoms with Crippen LogP contribution >= 0.6 is 15.9 Å². The summed E-state index contributed by atoms with van der Waals surface area (Å²) in [5, 5.41) is 3.71. The van der Waals surface area contributed by atoms with Gasteiger partial charge >= 0.3 is 0 Å². The van der Waals surface area contributed by atoms with Gasteiger partial charge in [0.2, 0.25) is 5.91 Å². The lowest BCUT2D eigenvalue weighted by atomic mass is 10.0. The summed E-state index contributed by atoms with van der Waals surface area (Å²) >= 11 is 3.53. The maximum absolute atomic E-state index is 12.0. The number of benzene rings is 1. The monoisotopic (exact) mass is 350 g/mol. The van der Waals surface area contributed by atoms with E-state index in [0.29, 0.717) is 23.9 Å². The van der Waals surface area contributed by atoms with Crippen molar-refractivity contribution in [3.63, 3.8) is 0 Å². The molecule has 0 radical (unpaired) electrons. The minimum absolute atomic E-state index is 0.346. The number of carbonyl (C=O) groups is 1. The number of nitrogens with zero attached hydrogens (tertiary/aromatic N) is 1. The molecule has 1 aromatic rings. The number of hydrogen-bond acceptors (Lipinski definition) is 2. The van der Waals surface area contributed by atoms with Crippen molar-refractivity contribution in [1.82, 2.24) is 10.2 Å². The Labute approximate surface area is 135 Å². The van der Waals surface area contributed by atoms with E-state index in [2.05, 4.69) is 57.3 Å². The van der Waals surface area contributed by atoms with Crippen LogP contribution in [0.25, 0.3) is 0 Å². The van der Waals surface area contributed by atoms with Crippen LogP contribution < -0.4 is 5.32 Å². The maximum atomic E-state index is 12.0. The van der Waals surface area contributed by atoms with Crippen molar-refractivity contribution in [3.8, 4) is 0 Å². The van der Waals surface area contributed by atoms with Crippen molar-refractivity contribution < 1.29 is 4.79 Å². The Morgan fingerprint density at radius 2 is 2.00 bits per heavy atom. The third-order valence-corrected chi connectivity index (χ3v) is 5.06. The summed E-state index contributed by atoms with van der Waals surface area (Å²) in [5.74, 6) is 0.753. The highest BCUT2D eigenvalue weighted by molar-refractivity contribution is 9.10. The summed E-state index contributed by atoms with van der Waals surface area (Å²) in [6.07, 6.45) is 4.35. The molecule has 2 fully saturated rings. The summed E-state index contributed by atoms with van der Waals surface area (Å²) < 4.78 is 1.12. The van der Waals surface area contributed by atoms with E-state index in [1.54, 1.807) is 0 Å². The average molecular weight is 351 g/mol. The molecule has 1 unspecified atom stereocenters. The van der Waals surface area contributed by atoms with Gasteiger partial charge in [0.15, 0.2) is 0 Å². The van der Waals surface area contributed by atoms with E-state index in [1.807, 2.05) is 0 Å². The molecule has 3 nitrogen and oxygen atoms in total. The van der Waals surface area contributed by atoms with Crippen molar-refractivity contribution >= 4 is 21.8 Å². The standard InChI is InChI=1S/C17H23BrN2O/c1-12(14-3-2-4-15(18)11-14)19-16-7-9-20(10-8-16)17(21)13-5-6-13/h2-4,11-13,16,19H,5-10H2,1H3. The highest BCUT2D eigenvalue weighted by Crippen LogP contribution is 2.32. The van der Waals surface area contributed by atoms with Crippen LogP contribution in [0.4, 0.5) is 0 Å². The molecule has 21 heavy (non-hydrogen) atoms. The van der Waals surface area contributed by atoms with E-state index >= 15 is 0 Å². The van der Waals surface area contributed by atoms with Crippen LogP contribution in [-0.4, -0.2) is 29.9 Å². The summed E-state index contributed by atoms with van der Waals surface area (Å²) in [6.45, 7) is 4.04. The average Bonchev–Trinajstić information content (AvgIpc) is 3.32. The van der Waals surface area contributed by atoms with E-state index in [1.165, 1.54) is 5.56 Å². The molecule has 4 heteroatoms. The molecule has 0 spiro atoms. The molecule has 114 valence electrons. The van der Waals surface area contributed by atoms with E-state index in [4.69, 9.17) is 0 Å². The Bertz CT molecular complexity index is 507. The van der Waals surface area contributed by atoms with E-state index < -0.39 is 0 Å². The zero-order chi connectivity index (χ0) is 14.8. The third kappa shape index (κ3) is 3.86. The molecule has 0 aromatic heterocycles. The maximum Gasteiger partial charge on any atom is 0.225 e. The van der Waals surface area contributed by atoms with Crippen molar-refractivity contribution in [1.29, 1.82) is 0 Å². The molecule has 1 atom stereocenters. The largest absolute Gasteiger partial charge is 0.342 e. The number of amides is 1. The molecule has 1 aliphatic carbocycles. The molecule has 1 aromatic carbocycles. The third-order valence-electron chi connectivity index (χ3n) is 4.57. The fraction of sp³-hybridized carbons (Fsp3) is 0.588. The second-order valence-corrected chi connectivity index (χ2v) is 7.23. The van der Waals surface area contributed by atoms with Gasteiger partial charge in [-0.1, -0.05) is 28.1 Å². The first-order valence-electron chi connectivity index (χ1n) is 7.94. The molecular formula is C17H23BrN2O. The van der Waals surface area contributed by atoms with E-state index in [9.17, 15) is 4.79 Å². The Morgan fingerprint density at radius 1 is 1.29 bits per heavy atom. The lowest BCUT2D eigenvalue weighted by molar-refractivity contribution is -0.133. The quantitative estimate of drug-likeness (QED) is 0.901. The Hall–Kier alpha value is -0.870. The summed E-state index contributed by atoms with van der Waals surface area (Å²) in [7, 11) is 0.